The maximum absolute atomic E-state index is 13.5. The first kappa shape index (κ1) is 19.8. The summed E-state index contributed by atoms with van der Waals surface area (Å²) in [6, 6.07) is 14.2. The van der Waals surface area contributed by atoms with Crippen LogP contribution in [0.2, 0.25) is 0 Å². The third-order valence-electron chi connectivity index (χ3n) is 5.16. The van der Waals surface area contributed by atoms with Gasteiger partial charge in [0, 0.05) is 5.54 Å². The molecule has 146 valence electrons. The van der Waals surface area contributed by atoms with E-state index in [9.17, 15) is 9.18 Å². The van der Waals surface area contributed by atoms with Crippen LogP contribution in [-0.2, 0) is 17.8 Å². The van der Waals surface area contributed by atoms with Crippen molar-refractivity contribution in [3.8, 4) is 0 Å². The molecule has 0 saturated carbocycles. The van der Waals surface area contributed by atoms with Gasteiger partial charge in [-0.1, -0.05) is 48.0 Å². The number of rotatable bonds is 6. The van der Waals surface area contributed by atoms with Gasteiger partial charge in [-0.05, 0) is 50.4 Å². The number of amides is 1. The van der Waals surface area contributed by atoms with Gasteiger partial charge in [0.25, 0.3) is 0 Å². The number of carbonyl (C=O) groups is 1. The van der Waals surface area contributed by atoms with Crippen LogP contribution in [0.4, 0.5) is 14.9 Å². The van der Waals surface area contributed by atoms with E-state index < -0.39 is 11.9 Å². The molecule has 5 nitrogen and oxygen atoms in total. The lowest BCUT2D eigenvalue weighted by Crippen LogP contribution is -2.54. The van der Waals surface area contributed by atoms with Gasteiger partial charge in [-0.15, -0.1) is 0 Å². The Hall–Kier alpha value is -2.91. The third kappa shape index (κ3) is 5.30. The van der Waals surface area contributed by atoms with Crippen LogP contribution < -0.4 is 10.6 Å². The van der Waals surface area contributed by atoms with Crippen molar-refractivity contribution in [2.45, 2.75) is 37.8 Å². The fraction of sp³-hybridized carbons (Fsp3) is 0.364. The molecule has 1 aliphatic heterocycles. The number of alkyl carbamates (subject to hydrolysis) is 1. The number of piperidine rings is 1. The van der Waals surface area contributed by atoms with Crippen molar-refractivity contribution in [3.05, 3.63) is 76.9 Å². The highest BCUT2D eigenvalue weighted by Crippen LogP contribution is 2.27. The third-order valence-corrected chi connectivity index (χ3v) is 5.16. The molecule has 0 bridgehead atoms. The summed E-state index contributed by atoms with van der Waals surface area (Å²) >= 11 is 0. The second-order valence-corrected chi connectivity index (χ2v) is 7.11. The number of benzene rings is 2. The van der Waals surface area contributed by atoms with Crippen molar-refractivity contribution >= 4 is 11.8 Å². The average Bonchev–Trinajstić information content (AvgIpc) is 2.73. The fourth-order valence-electron chi connectivity index (χ4n) is 3.50. The summed E-state index contributed by atoms with van der Waals surface area (Å²) in [6.07, 6.45) is 2.53. The number of hydrogen-bond acceptors (Lipinski definition) is 3. The summed E-state index contributed by atoms with van der Waals surface area (Å²) in [4.78, 5) is 15.6. The van der Waals surface area contributed by atoms with Crippen LogP contribution in [0.3, 0.4) is 0 Å². The van der Waals surface area contributed by atoms with E-state index in [0.717, 1.165) is 37.1 Å². The van der Waals surface area contributed by atoms with E-state index in [1.54, 1.807) is 12.1 Å². The molecular formula is C22H24FN3O2. The molecule has 2 aromatic rings. The van der Waals surface area contributed by atoms with Crippen LogP contribution in [-0.4, -0.2) is 24.7 Å². The van der Waals surface area contributed by atoms with Gasteiger partial charge in [0.15, 0.2) is 0 Å². The van der Waals surface area contributed by atoms with E-state index >= 15 is 0 Å². The van der Waals surface area contributed by atoms with Crippen molar-refractivity contribution in [2.24, 2.45) is 0 Å². The lowest BCUT2D eigenvalue weighted by atomic mass is 9.83. The number of carbonyl (C=O) groups excluding carboxylic acids is 1. The Morgan fingerprint density at radius 1 is 1.18 bits per heavy atom. The van der Waals surface area contributed by atoms with Gasteiger partial charge in [-0.2, -0.15) is 0 Å². The molecule has 1 amide bonds. The number of hydrogen-bond donors (Lipinski definition) is 2. The normalized spacial score (nSPS) is 15.4. The van der Waals surface area contributed by atoms with Crippen molar-refractivity contribution in [3.63, 3.8) is 0 Å². The highest BCUT2D eigenvalue weighted by atomic mass is 19.1. The molecule has 1 saturated heterocycles. The molecule has 0 radical (unpaired) electrons. The smallest absolute Gasteiger partial charge is 0.407 e. The predicted octanol–water partition coefficient (Wildman–Crippen LogP) is 4.36. The SMILES string of the molecule is [C-]#[N+]c1cc(CCC2(NC(=O)OCc3ccccc3)CCNCC2)ccc1F. The Kier molecular flexibility index (Phi) is 6.62. The van der Waals surface area contributed by atoms with Crippen molar-refractivity contribution in [2.75, 3.05) is 13.1 Å². The van der Waals surface area contributed by atoms with Gasteiger partial charge >= 0.3 is 6.09 Å². The van der Waals surface area contributed by atoms with Crippen LogP contribution in [0.25, 0.3) is 4.85 Å². The van der Waals surface area contributed by atoms with Crippen LogP contribution in [0.5, 0.6) is 0 Å². The fourth-order valence-corrected chi connectivity index (χ4v) is 3.50. The summed E-state index contributed by atoms with van der Waals surface area (Å²) in [5.74, 6) is -0.502. The monoisotopic (exact) mass is 381 g/mol. The molecule has 1 fully saturated rings. The Morgan fingerprint density at radius 3 is 2.64 bits per heavy atom. The van der Waals surface area contributed by atoms with Gasteiger partial charge in [0.2, 0.25) is 5.69 Å². The summed E-state index contributed by atoms with van der Waals surface area (Å²) < 4.78 is 18.9. The van der Waals surface area contributed by atoms with E-state index in [1.165, 1.54) is 6.07 Å². The maximum atomic E-state index is 13.5. The molecule has 0 aliphatic carbocycles. The van der Waals surface area contributed by atoms with Crippen LogP contribution in [0, 0.1) is 12.4 Å². The van der Waals surface area contributed by atoms with Crippen molar-refractivity contribution in [1.82, 2.24) is 10.6 Å². The zero-order chi connectivity index (χ0) is 19.8. The molecule has 0 atom stereocenters. The second kappa shape index (κ2) is 9.34. The molecule has 0 spiro atoms. The molecule has 1 aliphatic rings. The number of nitrogens with one attached hydrogen (secondary N) is 2. The van der Waals surface area contributed by atoms with Gasteiger partial charge in [0.05, 0.1) is 6.57 Å². The molecule has 6 heteroatoms. The standard InChI is InChI=1S/C22H24FN3O2/c1-24-20-15-17(7-8-19(20)23)9-10-22(11-13-25-14-12-22)26-21(27)28-16-18-5-3-2-4-6-18/h2-8,15,25H,9-14,16H2,(H,26,27). The van der Waals surface area contributed by atoms with E-state index in [1.807, 2.05) is 30.3 Å². The van der Waals surface area contributed by atoms with E-state index in [-0.39, 0.29) is 17.8 Å². The van der Waals surface area contributed by atoms with Gasteiger partial charge in [-0.3, -0.25) is 0 Å². The summed E-state index contributed by atoms with van der Waals surface area (Å²) in [5, 5.41) is 6.39. The minimum Gasteiger partial charge on any atom is -0.445 e. The van der Waals surface area contributed by atoms with Crippen LogP contribution >= 0.6 is 0 Å². The molecule has 28 heavy (non-hydrogen) atoms. The lowest BCUT2D eigenvalue weighted by molar-refractivity contribution is 0.117. The minimum atomic E-state index is -0.502. The number of nitrogens with zero attached hydrogens (tertiary/aromatic N) is 1. The first-order chi connectivity index (χ1) is 13.6. The number of aryl methyl sites for hydroxylation is 1. The zero-order valence-corrected chi connectivity index (χ0v) is 15.7. The molecule has 1 heterocycles. The van der Waals surface area contributed by atoms with Gasteiger partial charge in [0.1, 0.15) is 12.4 Å². The Labute approximate surface area is 164 Å². The van der Waals surface area contributed by atoms with E-state index in [0.29, 0.717) is 12.8 Å². The predicted molar refractivity (Wildman–Crippen MR) is 106 cm³/mol. The molecule has 2 N–H and O–H groups in total. The van der Waals surface area contributed by atoms with Crippen molar-refractivity contribution < 1.29 is 13.9 Å². The van der Waals surface area contributed by atoms with Gasteiger partial charge < -0.3 is 15.4 Å². The largest absolute Gasteiger partial charge is 0.445 e. The van der Waals surface area contributed by atoms with E-state index in [2.05, 4.69) is 15.5 Å². The minimum absolute atomic E-state index is 0.0343. The van der Waals surface area contributed by atoms with Crippen LogP contribution in [0.15, 0.2) is 48.5 Å². The maximum Gasteiger partial charge on any atom is 0.407 e. The zero-order valence-electron chi connectivity index (χ0n) is 15.7. The second-order valence-electron chi connectivity index (χ2n) is 7.11. The Balaban J connectivity index is 1.61. The molecular weight excluding hydrogens is 357 g/mol. The van der Waals surface area contributed by atoms with Gasteiger partial charge in [-0.25, -0.2) is 14.0 Å². The van der Waals surface area contributed by atoms with Crippen molar-refractivity contribution in [1.29, 1.82) is 0 Å². The highest BCUT2D eigenvalue weighted by Gasteiger charge is 2.33. The average molecular weight is 381 g/mol. The molecule has 3 rings (SSSR count). The highest BCUT2D eigenvalue weighted by molar-refractivity contribution is 5.68. The first-order valence-electron chi connectivity index (χ1n) is 9.46. The van der Waals surface area contributed by atoms with E-state index in [4.69, 9.17) is 11.3 Å². The molecule has 0 unspecified atom stereocenters. The molecule has 0 aromatic heterocycles. The summed E-state index contributed by atoms with van der Waals surface area (Å²) in [5.41, 5.74) is 1.50. The quantitative estimate of drug-likeness (QED) is 0.731. The lowest BCUT2D eigenvalue weighted by Gasteiger charge is -2.38. The first-order valence-corrected chi connectivity index (χ1v) is 9.46. The summed E-state index contributed by atoms with van der Waals surface area (Å²) in [6.45, 7) is 8.92. The Morgan fingerprint density at radius 2 is 1.93 bits per heavy atom. The Bertz CT molecular complexity index is 843. The number of halogens is 1. The molecule has 2 aromatic carbocycles. The number of ether oxygens (including phenoxy) is 1. The van der Waals surface area contributed by atoms with Crippen LogP contribution in [0.1, 0.15) is 30.4 Å². The topological polar surface area (TPSA) is 54.7 Å². The summed E-state index contributed by atoms with van der Waals surface area (Å²) in [7, 11) is 0.